The van der Waals surface area contributed by atoms with Gasteiger partial charge in [-0.15, -0.1) is 0 Å². The van der Waals surface area contributed by atoms with Crippen LogP contribution in [0.15, 0.2) is 12.7 Å². The van der Waals surface area contributed by atoms with Crippen LogP contribution in [0.4, 0.5) is 0 Å². The maximum absolute atomic E-state index is 9.23. The van der Waals surface area contributed by atoms with Crippen LogP contribution in [-0.4, -0.2) is 34.6 Å². The molecule has 0 spiro atoms. The van der Waals surface area contributed by atoms with Gasteiger partial charge in [-0.3, -0.25) is 0 Å². The Hall–Kier alpha value is -1.33. The molecule has 5 heteroatoms. The van der Waals surface area contributed by atoms with Gasteiger partial charge in [-0.25, -0.2) is 4.68 Å². The minimum Gasteiger partial charge on any atom is -0.473 e. The molecule has 0 saturated carbocycles. The van der Waals surface area contributed by atoms with Crippen molar-refractivity contribution in [3.8, 4) is 5.88 Å². The molecule has 0 atom stereocenters. The lowest BCUT2D eigenvalue weighted by Crippen LogP contribution is -2.32. The molecule has 0 aliphatic carbocycles. The Balaban J connectivity index is 2.69. The van der Waals surface area contributed by atoms with Gasteiger partial charge in [-0.05, 0) is 6.92 Å². The van der Waals surface area contributed by atoms with Crippen molar-refractivity contribution in [2.45, 2.75) is 27.3 Å². The maximum atomic E-state index is 9.23. The number of nitrogens with zero attached hydrogens (tertiary/aromatic N) is 2. The molecule has 1 rings (SSSR count). The molecule has 5 nitrogen and oxygen atoms in total. The molecule has 0 aliphatic heterocycles. The first kappa shape index (κ1) is 15.7. The third-order valence-corrected chi connectivity index (χ3v) is 2.96. The molecular weight excluding hydrogens is 242 g/mol. The third-order valence-electron chi connectivity index (χ3n) is 2.96. The summed E-state index contributed by atoms with van der Waals surface area (Å²) in [6.07, 6.45) is 1.72. The average Bonchev–Trinajstić information content (AvgIpc) is 2.62. The third kappa shape index (κ3) is 4.36. The fourth-order valence-electron chi connectivity index (χ4n) is 1.78. The van der Waals surface area contributed by atoms with Crippen molar-refractivity contribution in [1.29, 1.82) is 0 Å². The summed E-state index contributed by atoms with van der Waals surface area (Å²) in [6.45, 7) is 11.7. The summed E-state index contributed by atoms with van der Waals surface area (Å²) in [6, 6.07) is 0. The van der Waals surface area contributed by atoms with Gasteiger partial charge in [0.25, 0.3) is 0 Å². The number of hydrogen-bond acceptors (Lipinski definition) is 4. The zero-order chi connectivity index (χ0) is 14.5. The summed E-state index contributed by atoms with van der Waals surface area (Å²) in [5, 5.41) is 16.9. The lowest BCUT2D eigenvalue weighted by Gasteiger charge is -2.22. The molecule has 1 heterocycles. The number of aliphatic hydroxyl groups excluding tert-OH is 1. The Morgan fingerprint density at radius 3 is 2.79 bits per heavy atom. The van der Waals surface area contributed by atoms with Gasteiger partial charge in [0, 0.05) is 32.2 Å². The number of hydrogen-bond donors (Lipinski definition) is 2. The summed E-state index contributed by atoms with van der Waals surface area (Å²) in [7, 11) is 1.87. The Morgan fingerprint density at radius 2 is 2.21 bits per heavy atom. The van der Waals surface area contributed by atoms with Crippen molar-refractivity contribution in [3.63, 3.8) is 0 Å². The quantitative estimate of drug-likeness (QED) is 0.699. The molecule has 0 saturated heterocycles. The normalized spacial score (nSPS) is 11.6. The molecule has 19 heavy (non-hydrogen) atoms. The Morgan fingerprint density at radius 1 is 1.53 bits per heavy atom. The molecule has 0 radical (unpaired) electrons. The molecule has 1 aromatic rings. The zero-order valence-corrected chi connectivity index (χ0v) is 12.4. The molecule has 2 N–H and O–H groups in total. The standard InChI is InChI=1S/C14H25N3O2/c1-6-7-19-13-12(11(2)16-17(13)5)8-15-9-14(3,4)10-18/h6,15,18H,1,7-10H2,2-5H3. The molecule has 108 valence electrons. The fraction of sp³-hybridized carbons (Fsp3) is 0.643. The largest absolute Gasteiger partial charge is 0.473 e. The Labute approximate surface area is 115 Å². The van der Waals surface area contributed by atoms with Crippen molar-refractivity contribution in [2.75, 3.05) is 19.8 Å². The van der Waals surface area contributed by atoms with Gasteiger partial charge >= 0.3 is 0 Å². The van der Waals surface area contributed by atoms with Crippen LogP contribution in [0.25, 0.3) is 0 Å². The second kappa shape index (κ2) is 6.73. The van der Waals surface area contributed by atoms with E-state index in [0.29, 0.717) is 13.2 Å². The number of aryl methyl sites for hydroxylation is 2. The van der Waals surface area contributed by atoms with Crippen LogP contribution in [-0.2, 0) is 13.6 Å². The van der Waals surface area contributed by atoms with E-state index in [0.717, 1.165) is 23.7 Å². The number of ether oxygens (including phenoxy) is 1. The number of aliphatic hydroxyl groups is 1. The van der Waals surface area contributed by atoms with E-state index in [9.17, 15) is 5.11 Å². The van der Waals surface area contributed by atoms with Crippen LogP contribution in [0.2, 0.25) is 0 Å². The van der Waals surface area contributed by atoms with Gasteiger partial charge in [0.1, 0.15) is 6.61 Å². The van der Waals surface area contributed by atoms with Crippen LogP contribution in [0.3, 0.4) is 0 Å². The monoisotopic (exact) mass is 267 g/mol. The second-order valence-electron chi connectivity index (χ2n) is 5.52. The smallest absolute Gasteiger partial charge is 0.216 e. The van der Waals surface area contributed by atoms with E-state index in [1.54, 1.807) is 10.8 Å². The first-order valence-electron chi connectivity index (χ1n) is 6.49. The van der Waals surface area contributed by atoms with Gasteiger partial charge < -0.3 is 15.2 Å². The van der Waals surface area contributed by atoms with Crippen molar-refractivity contribution in [1.82, 2.24) is 15.1 Å². The van der Waals surface area contributed by atoms with E-state index in [4.69, 9.17) is 4.74 Å². The van der Waals surface area contributed by atoms with Crippen molar-refractivity contribution >= 4 is 0 Å². The van der Waals surface area contributed by atoms with Crippen molar-refractivity contribution in [2.24, 2.45) is 12.5 Å². The van der Waals surface area contributed by atoms with Gasteiger partial charge in [-0.1, -0.05) is 26.5 Å². The fourth-order valence-corrected chi connectivity index (χ4v) is 1.78. The van der Waals surface area contributed by atoms with E-state index in [1.807, 2.05) is 27.8 Å². The SMILES string of the molecule is C=CCOc1c(CNCC(C)(C)CO)c(C)nn1C. The van der Waals surface area contributed by atoms with Gasteiger partial charge in [0.2, 0.25) is 5.88 Å². The molecule has 0 fully saturated rings. The highest BCUT2D eigenvalue weighted by Gasteiger charge is 2.18. The molecule has 0 unspecified atom stereocenters. The molecular formula is C14H25N3O2. The summed E-state index contributed by atoms with van der Waals surface area (Å²) >= 11 is 0. The molecule has 0 aromatic carbocycles. The van der Waals surface area contributed by atoms with E-state index in [2.05, 4.69) is 17.0 Å². The number of nitrogens with one attached hydrogen (secondary N) is 1. The number of rotatable bonds is 8. The number of aromatic nitrogens is 2. The maximum Gasteiger partial charge on any atom is 0.216 e. The van der Waals surface area contributed by atoms with E-state index in [1.165, 1.54) is 0 Å². The summed E-state index contributed by atoms with van der Waals surface area (Å²) in [5.74, 6) is 0.770. The molecule has 0 amide bonds. The average molecular weight is 267 g/mol. The summed E-state index contributed by atoms with van der Waals surface area (Å²) in [4.78, 5) is 0. The minimum absolute atomic E-state index is 0.127. The predicted octanol–water partition coefficient (Wildman–Crippen LogP) is 1.40. The molecule has 0 bridgehead atoms. The van der Waals surface area contributed by atoms with Crippen LogP contribution in [0, 0.1) is 12.3 Å². The summed E-state index contributed by atoms with van der Waals surface area (Å²) < 4.78 is 7.38. The van der Waals surface area contributed by atoms with Crippen LogP contribution >= 0.6 is 0 Å². The highest BCUT2D eigenvalue weighted by Crippen LogP contribution is 2.21. The summed E-state index contributed by atoms with van der Waals surface area (Å²) in [5.41, 5.74) is 1.88. The zero-order valence-electron chi connectivity index (χ0n) is 12.4. The van der Waals surface area contributed by atoms with Crippen LogP contribution in [0.1, 0.15) is 25.1 Å². The highest BCUT2D eigenvalue weighted by molar-refractivity contribution is 5.31. The Bertz CT molecular complexity index is 425. The highest BCUT2D eigenvalue weighted by atomic mass is 16.5. The van der Waals surface area contributed by atoms with Gasteiger partial charge in [0.15, 0.2) is 0 Å². The Kier molecular flexibility index (Phi) is 5.57. The van der Waals surface area contributed by atoms with Crippen molar-refractivity contribution < 1.29 is 9.84 Å². The minimum atomic E-state index is -0.127. The topological polar surface area (TPSA) is 59.3 Å². The predicted molar refractivity (Wildman–Crippen MR) is 76.2 cm³/mol. The molecule has 0 aliphatic rings. The second-order valence-corrected chi connectivity index (χ2v) is 5.52. The lowest BCUT2D eigenvalue weighted by atomic mass is 9.95. The van der Waals surface area contributed by atoms with E-state index < -0.39 is 0 Å². The van der Waals surface area contributed by atoms with Crippen LogP contribution in [0.5, 0.6) is 5.88 Å². The van der Waals surface area contributed by atoms with Crippen LogP contribution < -0.4 is 10.1 Å². The first-order valence-corrected chi connectivity index (χ1v) is 6.49. The van der Waals surface area contributed by atoms with Crippen molar-refractivity contribution in [3.05, 3.63) is 23.9 Å². The first-order chi connectivity index (χ1) is 8.91. The molecule has 1 aromatic heterocycles. The van der Waals surface area contributed by atoms with Gasteiger partial charge in [-0.2, -0.15) is 5.10 Å². The van der Waals surface area contributed by atoms with Gasteiger partial charge in [0.05, 0.1) is 11.3 Å². The van der Waals surface area contributed by atoms with E-state index in [-0.39, 0.29) is 12.0 Å². The lowest BCUT2D eigenvalue weighted by molar-refractivity contribution is 0.156. The van der Waals surface area contributed by atoms with E-state index >= 15 is 0 Å².